The van der Waals surface area contributed by atoms with E-state index >= 15 is 0 Å². The zero-order valence-corrected chi connectivity index (χ0v) is 11.3. The van der Waals surface area contributed by atoms with Crippen molar-refractivity contribution in [2.45, 2.75) is 13.3 Å². The lowest BCUT2D eigenvalue weighted by atomic mass is 10.1. The molecule has 1 aliphatic heterocycles. The molecule has 4 heteroatoms. The summed E-state index contributed by atoms with van der Waals surface area (Å²) in [5.74, 6) is 1.02. The van der Waals surface area contributed by atoms with E-state index in [0.717, 1.165) is 30.9 Å². The fourth-order valence-corrected chi connectivity index (χ4v) is 2.19. The van der Waals surface area contributed by atoms with Gasteiger partial charge in [0.15, 0.2) is 0 Å². The Balaban J connectivity index is 2.14. The van der Waals surface area contributed by atoms with Crippen LogP contribution < -0.4 is 9.64 Å². The Morgan fingerprint density at radius 3 is 2.94 bits per heavy atom. The zero-order valence-electron chi connectivity index (χ0n) is 11.3. The predicted octanol–water partition coefficient (Wildman–Crippen LogP) is 1.54. The molecule has 18 heavy (non-hydrogen) atoms. The summed E-state index contributed by atoms with van der Waals surface area (Å²) in [6.07, 6.45) is 0.911. The molecule has 4 nitrogen and oxygen atoms in total. The highest BCUT2D eigenvalue weighted by Gasteiger charge is 2.25. The minimum absolute atomic E-state index is 0.170. The summed E-state index contributed by atoms with van der Waals surface area (Å²) in [5, 5.41) is 0. The molecule has 0 fully saturated rings. The van der Waals surface area contributed by atoms with Gasteiger partial charge in [-0.1, -0.05) is 6.92 Å². The molecule has 2 rings (SSSR count). The monoisotopic (exact) mass is 248 g/mol. The summed E-state index contributed by atoms with van der Waals surface area (Å²) in [6.45, 7) is 4.19. The van der Waals surface area contributed by atoms with Gasteiger partial charge in [0.25, 0.3) is 0 Å². The lowest BCUT2D eigenvalue weighted by Crippen LogP contribution is -2.38. The molecule has 98 valence electrons. The first-order valence-electron chi connectivity index (χ1n) is 6.31. The van der Waals surface area contributed by atoms with Gasteiger partial charge in [-0.3, -0.25) is 9.69 Å². The molecule has 1 amide bonds. The number of ether oxygens (including phenoxy) is 1. The Bertz CT molecular complexity index is 445. The summed E-state index contributed by atoms with van der Waals surface area (Å²) in [4.78, 5) is 16.1. The van der Waals surface area contributed by atoms with E-state index in [2.05, 4.69) is 6.92 Å². The molecule has 1 aliphatic rings. The summed E-state index contributed by atoms with van der Waals surface area (Å²) >= 11 is 0. The molecule has 0 saturated carbocycles. The number of hydrogen-bond donors (Lipinski definition) is 0. The summed E-state index contributed by atoms with van der Waals surface area (Å²) < 4.78 is 5.21. The van der Waals surface area contributed by atoms with Crippen LogP contribution in [0.2, 0.25) is 0 Å². The number of nitrogens with zero attached hydrogens (tertiary/aromatic N) is 2. The minimum atomic E-state index is 0.170. The van der Waals surface area contributed by atoms with Crippen molar-refractivity contribution in [3.05, 3.63) is 23.8 Å². The van der Waals surface area contributed by atoms with Crippen molar-refractivity contribution in [2.24, 2.45) is 0 Å². The molecule has 1 heterocycles. The van der Waals surface area contributed by atoms with Gasteiger partial charge in [0, 0.05) is 12.2 Å². The van der Waals surface area contributed by atoms with Crippen LogP contribution in [-0.2, 0) is 11.2 Å². The van der Waals surface area contributed by atoms with Gasteiger partial charge in [-0.25, -0.2) is 0 Å². The Morgan fingerprint density at radius 1 is 1.50 bits per heavy atom. The fraction of sp³-hybridized carbons (Fsp3) is 0.500. The summed E-state index contributed by atoms with van der Waals surface area (Å²) in [7, 11) is 3.62. The Kier molecular flexibility index (Phi) is 3.87. The molecule has 0 aliphatic carbocycles. The van der Waals surface area contributed by atoms with Gasteiger partial charge < -0.3 is 9.64 Å². The number of rotatable bonds is 4. The van der Waals surface area contributed by atoms with Gasteiger partial charge in [-0.2, -0.15) is 0 Å². The van der Waals surface area contributed by atoms with Crippen molar-refractivity contribution in [1.29, 1.82) is 0 Å². The highest BCUT2D eigenvalue weighted by Crippen LogP contribution is 2.31. The number of amides is 1. The van der Waals surface area contributed by atoms with Crippen LogP contribution in [0.3, 0.4) is 0 Å². The number of carbonyl (C=O) groups excluding carboxylic acids is 1. The first kappa shape index (κ1) is 12.9. The highest BCUT2D eigenvalue weighted by molar-refractivity contribution is 5.96. The van der Waals surface area contributed by atoms with Gasteiger partial charge in [0.05, 0.1) is 13.7 Å². The largest absolute Gasteiger partial charge is 0.497 e. The van der Waals surface area contributed by atoms with Crippen LogP contribution >= 0.6 is 0 Å². The average molecular weight is 248 g/mol. The Labute approximate surface area is 108 Å². The number of hydrogen-bond acceptors (Lipinski definition) is 3. The second kappa shape index (κ2) is 5.40. The molecule has 0 unspecified atom stereocenters. The van der Waals surface area contributed by atoms with Crippen molar-refractivity contribution < 1.29 is 9.53 Å². The van der Waals surface area contributed by atoms with E-state index in [1.54, 1.807) is 7.11 Å². The fourth-order valence-electron chi connectivity index (χ4n) is 2.19. The van der Waals surface area contributed by atoms with Gasteiger partial charge >= 0.3 is 0 Å². The van der Waals surface area contributed by atoms with Crippen LogP contribution in [0.5, 0.6) is 5.75 Å². The van der Waals surface area contributed by atoms with Crippen LogP contribution in [0.1, 0.15) is 12.5 Å². The molecule has 0 saturated heterocycles. The molecule has 0 aromatic heterocycles. The van der Waals surface area contributed by atoms with E-state index in [0.29, 0.717) is 6.54 Å². The lowest BCUT2D eigenvalue weighted by molar-refractivity contribution is -0.119. The van der Waals surface area contributed by atoms with Crippen LogP contribution in [-0.4, -0.2) is 44.6 Å². The van der Waals surface area contributed by atoms with Crippen LogP contribution in [0, 0.1) is 0 Å². The van der Waals surface area contributed by atoms with Gasteiger partial charge in [-0.05, 0) is 43.8 Å². The maximum atomic E-state index is 12.2. The SMILES string of the molecule is CCN(C)CC(=O)N1CCc2cc(OC)ccc21. The number of benzene rings is 1. The third kappa shape index (κ3) is 2.48. The standard InChI is InChI=1S/C14H20N2O2/c1-4-15(2)10-14(17)16-8-7-11-9-12(18-3)5-6-13(11)16/h5-6,9H,4,7-8,10H2,1-3H3. The van der Waals surface area contributed by atoms with Crippen LogP contribution in [0.15, 0.2) is 18.2 Å². The summed E-state index contributed by atoms with van der Waals surface area (Å²) in [6, 6.07) is 5.91. The van der Waals surface area contributed by atoms with Crippen molar-refractivity contribution in [2.75, 3.05) is 38.7 Å². The molecule has 1 aromatic rings. The third-order valence-corrected chi connectivity index (χ3v) is 3.43. The topological polar surface area (TPSA) is 32.8 Å². The number of anilines is 1. The van der Waals surface area contributed by atoms with E-state index in [1.165, 1.54) is 5.56 Å². The van der Waals surface area contributed by atoms with E-state index in [9.17, 15) is 4.79 Å². The van der Waals surface area contributed by atoms with Crippen molar-refractivity contribution in [3.8, 4) is 5.75 Å². The normalized spacial score (nSPS) is 13.9. The molecule has 0 atom stereocenters. The zero-order chi connectivity index (χ0) is 13.1. The van der Waals surface area contributed by atoms with Crippen molar-refractivity contribution in [1.82, 2.24) is 4.90 Å². The summed E-state index contributed by atoms with van der Waals surface area (Å²) in [5.41, 5.74) is 2.23. The van der Waals surface area contributed by atoms with E-state index in [1.807, 2.05) is 35.0 Å². The van der Waals surface area contributed by atoms with Crippen LogP contribution in [0.4, 0.5) is 5.69 Å². The van der Waals surface area contributed by atoms with Crippen molar-refractivity contribution in [3.63, 3.8) is 0 Å². The smallest absolute Gasteiger partial charge is 0.241 e. The lowest BCUT2D eigenvalue weighted by Gasteiger charge is -2.21. The van der Waals surface area contributed by atoms with E-state index in [-0.39, 0.29) is 5.91 Å². The maximum absolute atomic E-state index is 12.2. The van der Waals surface area contributed by atoms with Crippen LogP contribution in [0.25, 0.3) is 0 Å². The minimum Gasteiger partial charge on any atom is -0.497 e. The Morgan fingerprint density at radius 2 is 2.28 bits per heavy atom. The van der Waals surface area contributed by atoms with Crippen molar-refractivity contribution >= 4 is 11.6 Å². The number of likely N-dealkylation sites (N-methyl/N-ethyl adjacent to an activating group) is 1. The third-order valence-electron chi connectivity index (χ3n) is 3.43. The second-order valence-corrected chi connectivity index (χ2v) is 4.62. The molecule has 1 aromatic carbocycles. The van der Waals surface area contributed by atoms with Gasteiger partial charge in [0.1, 0.15) is 5.75 Å². The van der Waals surface area contributed by atoms with Gasteiger partial charge in [0.2, 0.25) is 5.91 Å². The molecule has 0 spiro atoms. The second-order valence-electron chi connectivity index (χ2n) is 4.62. The maximum Gasteiger partial charge on any atom is 0.241 e. The first-order valence-corrected chi connectivity index (χ1v) is 6.31. The highest BCUT2D eigenvalue weighted by atomic mass is 16.5. The average Bonchev–Trinajstić information content (AvgIpc) is 2.81. The quantitative estimate of drug-likeness (QED) is 0.810. The molecule has 0 N–H and O–H groups in total. The number of fused-ring (bicyclic) bond motifs is 1. The first-order chi connectivity index (χ1) is 8.65. The van der Waals surface area contributed by atoms with Gasteiger partial charge in [-0.15, -0.1) is 0 Å². The molecular formula is C14H20N2O2. The molecule has 0 radical (unpaired) electrons. The predicted molar refractivity (Wildman–Crippen MR) is 72.2 cm³/mol. The van der Waals surface area contributed by atoms with E-state index in [4.69, 9.17) is 4.74 Å². The van der Waals surface area contributed by atoms with E-state index < -0.39 is 0 Å². The molecular weight excluding hydrogens is 228 g/mol. The number of methoxy groups -OCH3 is 1. The Hall–Kier alpha value is -1.55. The molecule has 0 bridgehead atoms. The number of carbonyl (C=O) groups is 1.